The van der Waals surface area contributed by atoms with E-state index in [0.29, 0.717) is 11.5 Å². The van der Waals surface area contributed by atoms with Gasteiger partial charge in [-0.15, -0.1) is 0 Å². The van der Waals surface area contributed by atoms with E-state index in [4.69, 9.17) is 0 Å². The summed E-state index contributed by atoms with van der Waals surface area (Å²) in [4.78, 5) is 6.69. The van der Waals surface area contributed by atoms with E-state index in [9.17, 15) is 8.42 Å². The van der Waals surface area contributed by atoms with Crippen LogP contribution in [0.1, 0.15) is 26.7 Å². The molecule has 0 saturated carbocycles. The van der Waals surface area contributed by atoms with Crippen molar-refractivity contribution in [3.63, 3.8) is 0 Å². The molecule has 0 amide bonds. The molecule has 26 heavy (non-hydrogen) atoms. The highest BCUT2D eigenvalue weighted by Gasteiger charge is 2.15. The van der Waals surface area contributed by atoms with Gasteiger partial charge in [-0.25, -0.2) is 13.4 Å². The quantitative estimate of drug-likeness (QED) is 0.804. The topological polar surface area (TPSA) is 74.3 Å². The summed E-state index contributed by atoms with van der Waals surface area (Å²) in [5, 5.41) is 3.24. The van der Waals surface area contributed by atoms with E-state index in [1.807, 2.05) is 12.1 Å². The molecular weight excluding hydrogens is 348 g/mol. The van der Waals surface area contributed by atoms with Crippen molar-refractivity contribution >= 4 is 32.9 Å². The number of piperidine rings is 1. The zero-order valence-corrected chi connectivity index (χ0v) is 16.1. The Morgan fingerprint density at radius 3 is 2.31 bits per heavy atom. The Hall–Kier alpha value is -2.28. The van der Waals surface area contributed by atoms with Gasteiger partial charge < -0.3 is 10.2 Å². The van der Waals surface area contributed by atoms with Gasteiger partial charge in [0.05, 0.1) is 17.6 Å². The molecule has 2 N–H and O–H groups in total. The molecule has 0 unspecified atom stereocenters. The predicted molar refractivity (Wildman–Crippen MR) is 108 cm³/mol. The van der Waals surface area contributed by atoms with Crippen LogP contribution in [0.4, 0.5) is 22.9 Å². The fourth-order valence-corrected chi connectivity index (χ4v) is 3.57. The standard InChI is InChI=1S/C19H26N4O2S/c1-3-26(24,25)22-17-6-9-19(20-14-17)21-16-4-7-18(8-5-16)23-12-10-15(2)11-13-23/h4-9,14-15,22H,3,10-13H2,1-2H3,(H,20,21). The number of nitrogens with zero attached hydrogens (tertiary/aromatic N) is 2. The molecule has 7 heteroatoms. The number of aromatic nitrogens is 1. The number of rotatable bonds is 6. The third-order valence-electron chi connectivity index (χ3n) is 4.71. The highest BCUT2D eigenvalue weighted by molar-refractivity contribution is 7.92. The van der Waals surface area contributed by atoms with Gasteiger partial charge in [-0.1, -0.05) is 6.92 Å². The fourth-order valence-electron chi connectivity index (χ4n) is 2.95. The largest absolute Gasteiger partial charge is 0.372 e. The van der Waals surface area contributed by atoms with Crippen LogP contribution < -0.4 is 14.9 Å². The summed E-state index contributed by atoms with van der Waals surface area (Å²) in [6, 6.07) is 11.8. The van der Waals surface area contributed by atoms with E-state index >= 15 is 0 Å². The van der Waals surface area contributed by atoms with Crippen LogP contribution in [0.5, 0.6) is 0 Å². The Morgan fingerprint density at radius 1 is 1.08 bits per heavy atom. The average molecular weight is 375 g/mol. The summed E-state index contributed by atoms with van der Waals surface area (Å²) in [5.41, 5.74) is 2.67. The summed E-state index contributed by atoms with van der Waals surface area (Å²) in [6.45, 7) is 6.14. The third-order valence-corrected chi connectivity index (χ3v) is 6.01. The van der Waals surface area contributed by atoms with Crippen molar-refractivity contribution in [3.8, 4) is 0 Å². The lowest BCUT2D eigenvalue weighted by molar-refractivity contribution is 0.438. The van der Waals surface area contributed by atoms with Crippen LogP contribution >= 0.6 is 0 Å². The summed E-state index contributed by atoms with van der Waals surface area (Å²) < 4.78 is 25.6. The van der Waals surface area contributed by atoms with Crippen LogP contribution in [0, 0.1) is 5.92 Å². The molecule has 1 saturated heterocycles. The molecule has 0 bridgehead atoms. The van der Waals surface area contributed by atoms with Crippen LogP contribution in [0.2, 0.25) is 0 Å². The van der Waals surface area contributed by atoms with E-state index in [2.05, 4.69) is 39.0 Å². The van der Waals surface area contributed by atoms with Gasteiger partial charge in [0.1, 0.15) is 5.82 Å². The van der Waals surface area contributed by atoms with Crippen LogP contribution in [-0.2, 0) is 10.0 Å². The van der Waals surface area contributed by atoms with Gasteiger partial charge in [0.2, 0.25) is 10.0 Å². The minimum Gasteiger partial charge on any atom is -0.372 e. The Balaban J connectivity index is 1.60. The first-order chi connectivity index (χ1) is 12.4. The molecule has 6 nitrogen and oxygen atoms in total. The highest BCUT2D eigenvalue weighted by atomic mass is 32.2. The van der Waals surface area contributed by atoms with Crippen molar-refractivity contribution in [1.29, 1.82) is 0 Å². The lowest BCUT2D eigenvalue weighted by atomic mass is 9.99. The minimum absolute atomic E-state index is 0.0370. The molecule has 1 aliphatic rings. The molecule has 3 rings (SSSR count). The van der Waals surface area contributed by atoms with Crippen molar-refractivity contribution in [2.24, 2.45) is 5.92 Å². The molecule has 140 valence electrons. The molecule has 2 aromatic rings. The van der Waals surface area contributed by atoms with Crippen LogP contribution in [0.15, 0.2) is 42.6 Å². The van der Waals surface area contributed by atoms with Gasteiger partial charge in [-0.05, 0) is 62.1 Å². The van der Waals surface area contributed by atoms with E-state index in [1.165, 1.54) is 24.7 Å². The van der Waals surface area contributed by atoms with Crippen molar-refractivity contribution in [2.45, 2.75) is 26.7 Å². The zero-order valence-electron chi connectivity index (χ0n) is 15.3. The highest BCUT2D eigenvalue weighted by Crippen LogP contribution is 2.25. The SMILES string of the molecule is CCS(=O)(=O)Nc1ccc(Nc2ccc(N3CCC(C)CC3)cc2)nc1. The minimum atomic E-state index is -3.28. The monoisotopic (exact) mass is 374 g/mol. The summed E-state index contributed by atoms with van der Waals surface area (Å²) in [5.74, 6) is 1.53. The molecule has 0 atom stereocenters. The second-order valence-corrected chi connectivity index (χ2v) is 8.79. The van der Waals surface area contributed by atoms with Gasteiger partial charge in [0.15, 0.2) is 0 Å². The molecule has 1 aromatic heterocycles. The number of pyridine rings is 1. The van der Waals surface area contributed by atoms with E-state index in [-0.39, 0.29) is 5.75 Å². The first-order valence-corrected chi connectivity index (χ1v) is 10.7. The molecular formula is C19H26N4O2S. The Bertz CT molecular complexity index is 812. The predicted octanol–water partition coefficient (Wildman–Crippen LogP) is 3.82. The van der Waals surface area contributed by atoms with Gasteiger partial charge in [-0.3, -0.25) is 4.72 Å². The molecule has 1 aromatic carbocycles. The number of benzene rings is 1. The zero-order chi connectivity index (χ0) is 18.6. The average Bonchev–Trinajstić information content (AvgIpc) is 2.65. The molecule has 0 aliphatic carbocycles. The summed E-state index contributed by atoms with van der Waals surface area (Å²) in [6.07, 6.45) is 4.01. The van der Waals surface area contributed by atoms with Gasteiger partial charge in [0.25, 0.3) is 0 Å². The van der Waals surface area contributed by atoms with Crippen molar-refractivity contribution in [3.05, 3.63) is 42.6 Å². The van der Waals surface area contributed by atoms with Gasteiger partial charge in [-0.2, -0.15) is 0 Å². The van der Waals surface area contributed by atoms with Gasteiger partial charge in [0, 0.05) is 24.5 Å². The number of nitrogens with one attached hydrogen (secondary N) is 2. The second kappa shape index (κ2) is 7.95. The molecule has 1 aliphatic heterocycles. The Morgan fingerprint density at radius 2 is 1.73 bits per heavy atom. The van der Waals surface area contributed by atoms with Crippen LogP contribution in [0.3, 0.4) is 0 Å². The maximum Gasteiger partial charge on any atom is 0.232 e. The smallest absolute Gasteiger partial charge is 0.232 e. The molecule has 1 fully saturated rings. The maximum absolute atomic E-state index is 11.6. The first kappa shape index (κ1) is 18.5. The summed E-state index contributed by atoms with van der Waals surface area (Å²) >= 11 is 0. The normalized spacial score (nSPS) is 15.7. The Labute approximate surface area is 155 Å². The number of sulfonamides is 1. The number of hydrogen-bond donors (Lipinski definition) is 2. The van der Waals surface area contributed by atoms with Crippen molar-refractivity contribution in [1.82, 2.24) is 4.98 Å². The lowest BCUT2D eigenvalue weighted by Gasteiger charge is -2.32. The molecule has 0 radical (unpaired) electrons. The number of hydrogen-bond acceptors (Lipinski definition) is 5. The van der Waals surface area contributed by atoms with Crippen LogP contribution in [0.25, 0.3) is 0 Å². The third kappa shape index (κ3) is 4.88. The Kier molecular flexibility index (Phi) is 5.66. The maximum atomic E-state index is 11.6. The lowest BCUT2D eigenvalue weighted by Crippen LogP contribution is -2.32. The van der Waals surface area contributed by atoms with Crippen LogP contribution in [-0.4, -0.2) is 32.2 Å². The summed E-state index contributed by atoms with van der Waals surface area (Å²) in [7, 11) is -3.28. The van der Waals surface area contributed by atoms with E-state index in [0.717, 1.165) is 24.7 Å². The van der Waals surface area contributed by atoms with E-state index in [1.54, 1.807) is 19.1 Å². The first-order valence-electron chi connectivity index (χ1n) is 9.04. The van der Waals surface area contributed by atoms with E-state index < -0.39 is 10.0 Å². The second-order valence-electron chi connectivity index (χ2n) is 6.78. The van der Waals surface area contributed by atoms with Crippen molar-refractivity contribution in [2.75, 3.05) is 33.8 Å². The molecule has 0 spiro atoms. The fraction of sp³-hybridized carbons (Fsp3) is 0.421. The van der Waals surface area contributed by atoms with Gasteiger partial charge >= 0.3 is 0 Å². The number of anilines is 4. The van der Waals surface area contributed by atoms with Crippen molar-refractivity contribution < 1.29 is 8.42 Å². The molecule has 2 heterocycles.